The minimum absolute atomic E-state index is 0.0957. The standard InChI is InChI=1S/C12H25N3/c1-12(13)9-15(10-12)8-6-11-5-3-4-7-14(11)2/h11H,3-10,13H2,1-2H3. The molecule has 0 aromatic rings. The number of likely N-dealkylation sites (tertiary alicyclic amines) is 2. The Bertz CT molecular complexity index is 207. The van der Waals surface area contributed by atoms with Gasteiger partial charge in [0.2, 0.25) is 0 Å². The Labute approximate surface area is 93.6 Å². The van der Waals surface area contributed by atoms with Crippen molar-refractivity contribution >= 4 is 0 Å². The van der Waals surface area contributed by atoms with Crippen LogP contribution in [0.5, 0.6) is 0 Å². The van der Waals surface area contributed by atoms with E-state index in [4.69, 9.17) is 5.73 Å². The molecule has 3 nitrogen and oxygen atoms in total. The molecule has 0 bridgehead atoms. The second-order valence-electron chi connectivity index (χ2n) is 5.78. The first-order valence-electron chi connectivity index (χ1n) is 6.28. The van der Waals surface area contributed by atoms with Crippen molar-refractivity contribution in [3.8, 4) is 0 Å². The lowest BCUT2D eigenvalue weighted by Crippen LogP contribution is -2.65. The van der Waals surface area contributed by atoms with Crippen molar-refractivity contribution < 1.29 is 0 Å². The van der Waals surface area contributed by atoms with Crippen molar-refractivity contribution in [3.63, 3.8) is 0 Å². The quantitative estimate of drug-likeness (QED) is 0.752. The number of nitrogens with two attached hydrogens (primary N) is 1. The highest BCUT2D eigenvalue weighted by molar-refractivity contribution is 4.96. The van der Waals surface area contributed by atoms with E-state index in [0.29, 0.717) is 0 Å². The zero-order valence-corrected chi connectivity index (χ0v) is 10.2. The van der Waals surface area contributed by atoms with Crippen molar-refractivity contribution in [3.05, 3.63) is 0 Å². The highest BCUT2D eigenvalue weighted by atomic mass is 15.2. The summed E-state index contributed by atoms with van der Waals surface area (Å²) in [5.74, 6) is 0. The summed E-state index contributed by atoms with van der Waals surface area (Å²) in [4.78, 5) is 5.02. The Morgan fingerprint density at radius 1 is 1.33 bits per heavy atom. The molecule has 0 aromatic carbocycles. The van der Waals surface area contributed by atoms with Crippen molar-refractivity contribution in [2.45, 2.75) is 44.2 Å². The van der Waals surface area contributed by atoms with Gasteiger partial charge in [-0.3, -0.25) is 4.90 Å². The summed E-state index contributed by atoms with van der Waals surface area (Å²) in [6.07, 6.45) is 5.53. The Balaban J connectivity index is 1.65. The van der Waals surface area contributed by atoms with Crippen LogP contribution in [0.3, 0.4) is 0 Å². The van der Waals surface area contributed by atoms with Crippen LogP contribution in [0, 0.1) is 0 Å². The van der Waals surface area contributed by atoms with E-state index in [9.17, 15) is 0 Å². The molecule has 0 spiro atoms. The molecule has 3 heteroatoms. The molecule has 2 aliphatic rings. The van der Waals surface area contributed by atoms with Crippen LogP contribution in [-0.2, 0) is 0 Å². The van der Waals surface area contributed by atoms with Gasteiger partial charge in [-0.25, -0.2) is 0 Å². The molecule has 0 aromatic heterocycles. The van der Waals surface area contributed by atoms with E-state index in [1.165, 1.54) is 38.8 Å². The van der Waals surface area contributed by atoms with Crippen LogP contribution in [0.2, 0.25) is 0 Å². The minimum Gasteiger partial charge on any atom is -0.323 e. The van der Waals surface area contributed by atoms with E-state index >= 15 is 0 Å². The molecule has 2 rings (SSSR count). The molecule has 2 fully saturated rings. The van der Waals surface area contributed by atoms with E-state index < -0.39 is 0 Å². The fraction of sp³-hybridized carbons (Fsp3) is 1.00. The van der Waals surface area contributed by atoms with Crippen molar-refractivity contribution in [2.75, 3.05) is 33.2 Å². The molecule has 2 aliphatic heterocycles. The first-order valence-corrected chi connectivity index (χ1v) is 6.28. The zero-order chi connectivity index (χ0) is 10.9. The molecular weight excluding hydrogens is 186 g/mol. The van der Waals surface area contributed by atoms with Crippen molar-refractivity contribution in [1.82, 2.24) is 9.80 Å². The number of hydrogen-bond donors (Lipinski definition) is 1. The van der Waals surface area contributed by atoms with Gasteiger partial charge in [-0.15, -0.1) is 0 Å². The van der Waals surface area contributed by atoms with Crippen LogP contribution < -0.4 is 5.73 Å². The predicted octanol–water partition coefficient (Wildman–Crippen LogP) is 0.894. The third-order valence-electron chi connectivity index (χ3n) is 3.87. The molecule has 15 heavy (non-hydrogen) atoms. The Morgan fingerprint density at radius 2 is 2.07 bits per heavy atom. The Hall–Kier alpha value is -0.120. The van der Waals surface area contributed by atoms with Crippen LogP contribution >= 0.6 is 0 Å². The SMILES string of the molecule is CN1CCCCC1CCN1CC(C)(N)C1. The first kappa shape index (κ1) is 11.4. The maximum Gasteiger partial charge on any atom is 0.0383 e. The average Bonchev–Trinajstić information content (AvgIpc) is 2.13. The molecule has 2 heterocycles. The average molecular weight is 211 g/mol. The summed E-state index contributed by atoms with van der Waals surface area (Å²) >= 11 is 0. The minimum atomic E-state index is 0.0957. The largest absolute Gasteiger partial charge is 0.323 e. The summed E-state index contributed by atoms with van der Waals surface area (Å²) in [7, 11) is 2.27. The molecule has 0 radical (unpaired) electrons. The second kappa shape index (κ2) is 4.40. The summed E-state index contributed by atoms with van der Waals surface area (Å²) in [6.45, 7) is 6.85. The molecule has 1 atom stereocenters. The summed E-state index contributed by atoms with van der Waals surface area (Å²) in [5.41, 5.74) is 6.09. The van der Waals surface area contributed by atoms with Gasteiger partial charge in [-0.05, 0) is 46.3 Å². The highest BCUT2D eigenvalue weighted by Crippen LogP contribution is 2.21. The third-order valence-corrected chi connectivity index (χ3v) is 3.87. The van der Waals surface area contributed by atoms with Gasteiger partial charge in [0.25, 0.3) is 0 Å². The fourth-order valence-electron chi connectivity index (χ4n) is 2.97. The summed E-state index contributed by atoms with van der Waals surface area (Å²) in [6, 6.07) is 0.823. The molecule has 2 saturated heterocycles. The molecular formula is C12H25N3. The molecule has 2 N–H and O–H groups in total. The van der Waals surface area contributed by atoms with Gasteiger partial charge in [-0.1, -0.05) is 6.42 Å². The molecule has 1 unspecified atom stereocenters. The van der Waals surface area contributed by atoms with Crippen LogP contribution in [-0.4, -0.2) is 54.6 Å². The molecule has 88 valence electrons. The smallest absolute Gasteiger partial charge is 0.0383 e. The van der Waals surface area contributed by atoms with Gasteiger partial charge in [0, 0.05) is 24.7 Å². The van der Waals surface area contributed by atoms with Gasteiger partial charge >= 0.3 is 0 Å². The molecule has 0 saturated carbocycles. The maximum absolute atomic E-state index is 6.00. The summed E-state index contributed by atoms with van der Waals surface area (Å²) < 4.78 is 0. The van der Waals surface area contributed by atoms with E-state index in [1.54, 1.807) is 0 Å². The van der Waals surface area contributed by atoms with Crippen molar-refractivity contribution in [2.24, 2.45) is 5.73 Å². The number of rotatable bonds is 3. The normalized spacial score (nSPS) is 32.6. The van der Waals surface area contributed by atoms with E-state index in [2.05, 4.69) is 23.8 Å². The predicted molar refractivity (Wildman–Crippen MR) is 63.9 cm³/mol. The van der Waals surface area contributed by atoms with Crippen LogP contribution in [0.15, 0.2) is 0 Å². The van der Waals surface area contributed by atoms with Crippen LogP contribution in [0.25, 0.3) is 0 Å². The second-order valence-corrected chi connectivity index (χ2v) is 5.78. The molecule has 0 amide bonds. The highest BCUT2D eigenvalue weighted by Gasteiger charge is 2.34. The lowest BCUT2D eigenvalue weighted by Gasteiger charge is -2.46. The van der Waals surface area contributed by atoms with E-state index in [0.717, 1.165) is 19.1 Å². The summed E-state index contributed by atoms with van der Waals surface area (Å²) in [5, 5.41) is 0. The number of hydrogen-bond acceptors (Lipinski definition) is 3. The first-order chi connectivity index (χ1) is 7.07. The fourth-order valence-corrected chi connectivity index (χ4v) is 2.97. The van der Waals surface area contributed by atoms with Crippen molar-refractivity contribution in [1.29, 1.82) is 0 Å². The Morgan fingerprint density at radius 3 is 2.67 bits per heavy atom. The number of piperidine rings is 1. The van der Waals surface area contributed by atoms with Gasteiger partial charge in [0.15, 0.2) is 0 Å². The number of nitrogens with zero attached hydrogens (tertiary/aromatic N) is 2. The lowest BCUT2D eigenvalue weighted by molar-refractivity contribution is 0.0669. The van der Waals surface area contributed by atoms with Gasteiger partial charge in [0.1, 0.15) is 0 Å². The van der Waals surface area contributed by atoms with Gasteiger partial charge in [0.05, 0.1) is 0 Å². The van der Waals surface area contributed by atoms with E-state index in [-0.39, 0.29) is 5.54 Å². The van der Waals surface area contributed by atoms with E-state index in [1.807, 2.05) is 0 Å². The monoisotopic (exact) mass is 211 g/mol. The maximum atomic E-state index is 6.00. The van der Waals surface area contributed by atoms with Crippen LogP contribution in [0.1, 0.15) is 32.6 Å². The Kier molecular flexibility index (Phi) is 3.33. The van der Waals surface area contributed by atoms with Crippen LogP contribution in [0.4, 0.5) is 0 Å². The molecule has 0 aliphatic carbocycles. The lowest BCUT2D eigenvalue weighted by atomic mass is 9.92. The van der Waals surface area contributed by atoms with Gasteiger partial charge < -0.3 is 10.6 Å². The third kappa shape index (κ3) is 2.92. The topological polar surface area (TPSA) is 32.5 Å². The zero-order valence-electron chi connectivity index (χ0n) is 10.2. The van der Waals surface area contributed by atoms with Gasteiger partial charge in [-0.2, -0.15) is 0 Å².